The molecule has 1 aliphatic rings. The lowest BCUT2D eigenvalue weighted by Crippen LogP contribution is -2.11. The minimum absolute atomic E-state index is 0.0560. The number of esters is 1. The summed E-state index contributed by atoms with van der Waals surface area (Å²) in [5, 5.41) is 13.2. The van der Waals surface area contributed by atoms with Crippen LogP contribution in [0.5, 0.6) is 11.5 Å². The van der Waals surface area contributed by atoms with Gasteiger partial charge >= 0.3 is 11.0 Å². The molecule has 1 N–H and O–H groups in total. The van der Waals surface area contributed by atoms with Crippen LogP contribution in [0.3, 0.4) is 0 Å². The minimum Gasteiger partial charge on any atom is -0.462 e. The molecule has 2 heterocycles. The number of benzene rings is 1. The molecule has 140 valence electrons. The summed E-state index contributed by atoms with van der Waals surface area (Å²) in [7, 11) is 0. The van der Waals surface area contributed by atoms with Crippen molar-refractivity contribution in [1.82, 2.24) is 0 Å². The number of nitro groups is 1. The van der Waals surface area contributed by atoms with E-state index in [1.165, 1.54) is 6.08 Å². The lowest BCUT2D eigenvalue weighted by molar-refractivity contribution is -0.380. The van der Waals surface area contributed by atoms with Crippen molar-refractivity contribution in [3.05, 3.63) is 51.6 Å². The number of ether oxygens (including phenoxy) is 3. The molecule has 0 spiro atoms. The van der Waals surface area contributed by atoms with Crippen molar-refractivity contribution in [2.24, 2.45) is 0 Å². The van der Waals surface area contributed by atoms with Gasteiger partial charge in [-0.1, -0.05) is 6.07 Å². The summed E-state index contributed by atoms with van der Waals surface area (Å²) >= 11 is 0.686. The molecule has 0 radical (unpaired) electrons. The average Bonchev–Trinajstić information content (AvgIpc) is 3.26. The molecule has 0 bridgehead atoms. The molecule has 3 rings (SSSR count). The first-order chi connectivity index (χ1) is 13.0. The van der Waals surface area contributed by atoms with E-state index >= 15 is 0 Å². The molecule has 2 aromatic rings. The van der Waals surface area contributed by atoms with E-state index in [0.717, 1.165) is 6.07 Å². The Morgan fingerprint density at radius 2 is 2.11 bits per heavy atom. The number of thiophene rings is 1. The summed E-state index contributed by atoms with van der Waals surface area (Å²) in [6.07, 6.45) is 2.79. The molecular weight excluding hydrogens is 376 g/mol. The van der Waals surface area contributed by atoms with E-state index in [9.17, 15) is 19.7 Å². The first-order valence-electron chi connectivity index (χ1n) is 7.82. The molecule has 0 fully saturated rings. The summed E-state index contributed by atoms with van der Waals surface area (Å²) in [6, 6.07) is 6.27. The van der Waals surface area contributed by atoms with Crippen molar-refractivity contribution in [3.8, 4) is 11.5 Å². The molecule has 1 aliphatic heterocycles. The van der Waals surface area contributed by atoms with Crippen LogP contribution in [0.25, 0.3) is 6.08 Å². The molecule has 0 aliphatic carbocycles. The predicted octanol–water partition coefficient (Wildman–Crippen LogP) is 3.21. The molecule has 0 saturated heterocycles. The van der Waals surface area contributed by atoms with Crippen molar-refractivity contribution in [1.29, 1.82) is 0 Å². The normalized spacial score (nSPS) is 12.2. The van der Waals surface area contributed by atoms with E-state index in [1.54, 1.807) is 31.2 Å². The topological polar surface area (TPSA) is 117 Å². The number of nitrogens with one attached hydrogen (secondary N) is 1. The van der Waals surface area contributed by atoms with Crippen LogP contribution in [0.15, 0.2) is 30.3 Å². The molecule has 1 aromatic carbocycles. The number of rotatable bonds is 6. The smallest absolute Gasteiger partial charge is 0.341 e. The number of carbonyl (C=O) groups is 2. The number of amides is 1. The van der Waals surface area contributed by atoms with Crippen LogP contribution in [-0.2, 0) is 9.53 Å². The van der Waals surface area contributed by atoms with Gasteiger partial charge in [0, 0.05) is 12.1 Å². The first kappa shape index (κ1) is 18.4. The summed E-state index contributed by atoms with van der Waals surface area (Å²) in [6.45, 7) is 1.88. The van der Waals surface area contributed by atoms with Gasteiger partial charge in [0.2, 0.25) is 12.7 Å². The van der Waals surface area contributed by atoms with Crippen molar-refractivity contribution >= 4 is 39.3 Å². The molecule has 0 atom stereocenters. The number of anilines is 1. The molecular formula is C17H14N2O7S. The second-order valence-electron chi connectivity index (χ2n) is 5.24. The Hall–Kier alpha value is -3.40. The standard InChI is InChI=1S/C17H14N2O7S/c1-2-24-17(21)11-8-15(19(22)23)27-16(11)18-14(20)6-4-10-3-5-12-13(7-10)26-9-25-12/h3-8H,2,9H2,1H3,(H,18,20)/b6-4+. The zero-order valence-corrected chi connectivity index (χ0v) is 14.9. The SMILES string of the molecule is CCOC(=O)c1cc([N+](=O)[O-])sc1NC(=O)/C=C/c1ccc2c(c1)OCO2. The maximum absolute atomic E-state index is 12.2. The molecule has 0 unspecified atom stereocenters. The number of fused-ring (bicyclic) bond motifs is 1. The highest BCUT2D eigenvalue weighted by Crippen LogP contribution is 2.35. The van der Waals surface area contributed by atoms with Crippen molar-refractivity contribution in [2.45, 2.75) is 6.92 Å². The van der Waals surface area contributed by atoms with Gasteiger partial charge < -0.3 is 19.5 Å². The van der Waals surface area contributed by atoms with Gasteiger partial charge in [-0.25, -0.2) is 4.79 Å². The van der Waals surface area contributed by atoms with Gasteiger partial charge in [0.25, 0.3) is 0 Å². The number of carbonyl (C=O) groups excluding carboxylic acids is 2. The molecule has 9 nitrogen and oxygen atoms in total. The summed E-state index contributed by atoms with van der Waals surface area (Å²) in [5.74, 6) is -0.0792. The van der Waals surface area contributed by atoms with E-state index in [1.807, 2.05) is 0 Å². The van der Waals surface area contributed by atoms with Gasteiger partial charge in [-0.15, -0.1) is 0 Å². The van der Waals surface area contributed by atoms with Crippen LogP contribution in [0.2, 0.25) is 0 Å². The highest BCUT2D eigenvalue weighted by atomic mass is 32.1. The van der Waals surface area contributed by atoms with Crippen molar-refractivity contribution < 1.29 is 28.7 Å². The zero-order valence-electron chi connectivity index (χ0n) is 14.1. The summed E-state index contributed by atoms with van der Waals surface area (Å²) in [4.78, 5) is 34.4. The third-order valence-corrected chi connectivity index (χ3v) is 4.46. The Balaban J connectivity index is 1.75. The van der Waals surface area contributed by atoms with E-state index < -0.39 is 16.8 Å². The van der Waals surface area contributed by atoms with E-state index in [-0.39, 0.29) is 29.0 Å². The van der Waals surface area contributed by atoms with Crippen LogP contribution in [0.4, 0.5) is 10.0 Å². The van der Waals surface area contributed by atoms with Crippen molar-refractivity contribution in [3.63, 3.8) is 0 Å². The highest BCUT2D eigenvalue weighted by Gasteiger charge is 2.23. The second-order valence-corrected chi connectivity index (χ2v) is 6.27. The number of hydrogen-bond acceptors (Lipinski definition) is 8. The van der Waals surface area contributed by atoms with E-state index in [2.05, 4.69) is 5.32 Å². The molecule has 10 heteroatoms. The van der Waals surface area contributed by atoms with Crippen molar-refractivity contribution in [2.75, 3.05) is 18.7 Å². The lowest BCUT2D eigenvalue weighted by Gasteiger charge is -2.03. The number of nitrogens with zero attached hydrogens (tertiary/aromatic N) is 1. The maximum atomic E-state index is 12.2. The Morgan fingerprint density at radius 1 is 1.33 bits per heavy atom. The molecule has 1 amide bonds. The third kappa shape index (κ3) is 4.23. The zero-order chi connectivity index (χ0) is 19.4. The van der Waals surface area contributed by atoms with Gasteiger partial charge in [0.05, 0.1) is 11.5 Å². The average molecular weight is 390 g/mol. The summed E-state index contributed by atoms with van der Waals surface area (Å²) < 4.78 is 15.3. The van der Waals surface area contributed by atoms with Crippen LogP contribution < -0.4 is 14.8 Å². The Labute approximate surface area is 157 Å². The van der Waals surface area contributed by atoms with E-state index in [0.29, 0.717) is 28.4 Å². The Morgan fingerprint density at radius 3 is 2.85 bits per heavy atom. The molecule has 1 aromatic heterocycles. The van der Waals surface area contributed by atoms with Gasteiger partial charge in [-0.05, 0) is 42.0 Å². The Kier molecular flexibility index (Phi) is 5.36. The van der Waals surface area contributed by atoms with Gasteiger partial charge in [-0.2, -0.15) is 0 Å². The van der Waals surface area contributed by atoms with E-state index in [4.69, 9.17) is 14.2 Å². The number of hydrogen-bond donors (Lipinski definition) is 1. The fourth-order valence-corrected chi connectivity index (χ4v) is 3.13. The van der Waals surface area contributed by atoms with Gasteiger partial charge in [0.1, 0.15) is 10.6 Å². The van der Waals surface area contributed by atoms with Crippen LogP contribution >= 0.6 is 11.3 Å². The molecule has 0 saturated carbocycles. The van der Waals surface area contributed by atoms with Crippen LogP contribution in [-0.4, -0.2) is 30.2 Å². The summed E-state index contributed by atoms with van der Waals surface area (Å²) in [5.41, 5.74) is 0.649. The quantitative estimate of drug-likeness (QED) is 0.348. The monoisotopic (exact) mass is 390 g/mol. The third-order valence-electron chi connectivity index (χ3n) is 3.45. The lowest BCUT2D eigenvalue weighted by atomic mass is 10.2. The maximum Gasteiger partial charge on any atom is 0.341 e. The van der Waals surface area contributed by atoms with Crippen LogP contribution in [0.1, 0.15) is 22.8 Å². The fraction of sp³-hybridized carbons (Fsp3) is 0.176. The highest BCUT2D eigenvalue weighted by molar-refractivity contribution is 7.19. The Bertz CT molecular complexity index is 935. The fourth-order valence-electron chi connectivity index (χ4n) is 2.26. The van der Waals surface area contributed by atoms with Crippen LogP contribution in [0, 0.1) is 10.1 Å². The van der Waals surface area contributed by atoms with Gasteiger partial charge in [-0.3, -0.25) is 14.9 Å². The molecule has 27 heavy (non-hydrogen) atoms. The minimum atomic E-state index is -0.739. The second kappa shape index (κ2) is 7.87. The largest absolute Gasteiger partial charge is 0.462 e. The van der Waals surface area contributed by atoms with Gasteiger partial charge in [0.15, 0.2) is 11.5 Å². The predicted molar refractivity (Wildman–Crippen MR) is 97.2 cm³/mol. The first-order valence-corrected chi connectivity index (χ1v) is 8.63.